The molecule has 3 aromatic rings. The summed E-state index contributed by atoms with van der Waals surface area (Å²) in [4.78, 5) is 45.6. The summed E-state index contributed by atoms with van der Waals surface area (Å²) in [5.74, 6) is -0.110. The Hall–Kier alpha value is -3.30. The number of amides is 1. The minimum absolute atomic E-state index is 0.00556. The molecule has 9 heteroatoms. The minimum Gasteiger partial charge on any atom is -0.465 e. The number of carbonyl (C=O) groups is 3. The van der Waals surface area contributed by atoms with E-state index in [0.717, 1.165) is 36.1 Å². The van der Waals surface area contributed by atoms with E-state index in [-0.39, 0.29) is 17.6 Å². The highest BCUT2D eigenvalue weighted by Gasteiger charge is 2.35. The van der Waals surface area contributed by atoms with Gasteiger partial charge in [0.2, 0.25) is 0 Å². The van der Waals surface area contributed by atoms with Crippen LogP contribution in [0.4, 0.5) is 5.69 Å². The third-order valence-corrected chi connectivity index (χ3v) is 7.86. The summed E-state index contributed by atoms with van der Waals surface area (Å²) >= 11 is 1.31. The Balaban J connectivity index is 1.61. The predicted molar refractivity (Wildman–Crippen MR) is 138 cm³/mol. The highest BCUT2D eigenvalue weighted by Crippen LogP contribution is 2.40. The van der Waals surface area contributed by atoms with Crippen molar-refractivity contribution in [2.75, 3.05) is 26.5 Å². The van der Waals surface area contributed by atoms with Crippen molar-refractivity contribution in [3.05, 3.63) is 59.1 Å². The van der Waals surface area contributed by atoms with Gasteiger partial charge < -0.3 is 14.5 Å². The van der Waals surface area contributed by atoms with E-state index < -0.39 is 17.9 Å². The van der Waals surface area contributed by atoms with Crippen LogP contribution in [0.2, 0.25) is 0 Å². The van der Waals surface area contributed by atoms with Crippen molar-refractivity contribution < 1.29 is 23.5 Å². The van der Waals surface area contributed by atoms with Gasteiger partial charge in [0, 0.05) is 22.0 Å². The second-order valence-electron chi connectivity index (χ2n) is 9.48. The van der Waals surface area contributed by atoms with Crippen molar-refractivity contribution in [1.82, 2.24) is 9.88 Å². The normalized spacial score (nSPS) is 18.6. The second-order valence-corrected chi connectivity index (χ2v) is 10.5. The van der Waals surface area contributed by atoms with Gasteiger partial charge in [-0.1, -0.05) is 31.9 Å². The first kappa shape index (κ1) is 25.8. The molecule has 8 nitrogen and oxygen atoms in total. The first-order valence-corrected chi connectivity index (χ1v) is 12.8. The van der Waals surface area contributed by atoms with Crippen LogP contribution in [0.3, 0.4) is 0 Å². The molecule has 0 saturated heterocycles. The molecule has 190 valence electrons. The van der Waals surface area contributed by atoms with Crippen molar-refractivity contribution in [3.8, 4) is 10.4 Å². The number of benzene rings is 1. The lowest BCUT2D eigenvalue weighted by Gasteiger charge is -2.31. The van der Waals surface area contributed by atoms with Crippen molar-refractivity contribution in [2.24, 2.45) is 11.8 Å². The topological polar surface area (TPSA) is 102 Å². The molecular formula is C27H31N3O5S. The van der Waals surface area contributed by atoms with E-state index in [0.29, 0.717) is 22.0 Å². The lowest BCUT2D eigenvalue weighted by molar-refractivity contribution is -0.128. The van der Waals surface area contributed by atoms with Gasteiger partial charge in [0.1, 0.15) is 11.1 Å². The lowest BCUT2D eigenvalue weighted by atomic mass is 9.78. The number of oxazole rings is 1. The Morgan fingerprint density at radius 2 is 1.83 bits per heavy atom. The number of Topliss-reactive ketones (excluding diaryl/α,β-unsaturated/α-hetero) is 1. The Bertz CT molecular complexity index is 1210. The van der Waals surface area contributed by atoms with Crippen LogP contribution in [-0.4, -0.2) is 48.7 Å². The first-order chi connectivity index (χ1) is 17.3. The number of ether oxygens (including phenoxy) is 1. The molecule has 2 aromatic heterocycles. The van der Waals surface area contributed by atoms with E-state index in [1.54, 1.807) is 12.1 Å². The predicted octanol–water partition coefficient (Wildman–Crippen LogP) is 5.44. The van der Waals surface area contributed by atoms with Crippen molar-refractivity contribution >= 4 is 34.7 Å². The molecule has 1 aliphatic carbocycles. The Labute approximate surface area is 214 Å². The van der Waals surface area contributed by atoms with E-state index in [1.165, 1.54) is 30.9 Å². The number of ketones is 1. The van der Waals surface area contributed by atoms with Crippen LogP contribution < -0.4 is 5.32 Å². The zero-order valence-corrected chi connectivity index (χ0v) is 21.8. The highest BCUT2D eigenvalue weighted by molar-refractivity contribution is 7.17. The summed E-state index contributed by atoms with van der Waals surface area (Å²) < 4.78 is 10.1. The standard InChI is InChI=1S/C27H31N3O5S/c1-16-5-7-18(8-6-16)23(31)22(30(2)3)20-15-21(36-24(20)27(33)34-4)17-9-11-19(12-10-17)29-25(32)26-28-13-14-35-26/h9-16,18,22H,5-8H2,1-4H3,(H,29,32)/t16-,18-,22?. The average Bonchev–Trinajstić information content (AvgIpc) is 3.55. The summed E-state index contributed by atoms with van der Waals surface area (Å²) in [6.45, 7) is 2.23. The number of hydrogen-bond donors (Lipinski definition) is 1. The first-order valence-electron chi connectivity index (χ1n) is 12.0. The quantitative estimate of drug-likeness (QED) is 0.403. The molecule has 1 N–H and O–H groups in total. The highest BCUT2D eigenvalue weighted by atomic mass is 32.1. The molecule has 2 heterocycles. The van der Waals surface area contributed by atoms with Gasteiger partial charge in [-0.2, -0.15) is 0 Å². The molecule has 4 rings (SSSR count). The minimum atomic E-state index is -0.526. The second kappa shape index (κ2) is 11.2. The number of likely N-dealkylation sites (N-methyl/N-ethyl adjacent to an activating group) is 1. The SMILES string of the molecule is COC(=O)c1sc(-c2ccc(NC(=O)c3ncco3)cc2)cc1C(C(=O)[C@H]1CC[C@H](C)CC1)N(C)C. The number of thiophene rings is 1. The van der Waals surface area contributed by atoms with Gasteiger partial charge in [0.15, 0.2) is 5.78 Å². The summed E-state index contributed by atoms with van der Waals surface area (Å²) in [5.41, 5.74) is 2.12. The van der Waals surface area contributed by atoms with Gasteiger partial charge >= 0.3 is 11.9 Å². The fourth-order valence-corrected chi connectivity index (χ4v) is 5.81. The van der Waals surface area contributed by atoms with E-state index in [9.17, 15) is 14.4 Å². The van der Waals surface area contributed by atoms with Crippen LogP contribution in [0.15, 0.2) is 47.2 Å². The van der Waals surface area contributed by atoms with Gasteiger partial charge in [-0.15, -0.1) is 11.3 Å². The number of methoxy groups -OCH3 is 1. The zero-order valence-electron chi connectivity index (χ0n) is 20.9. The molecule has 0 spiro atoms. The molecule has 1 atom stereocenters. The van der Waals surface area contributed by atoms with Gasteiger partial charge in [-0.05, 0) is 56.6 Å². The van der Waals surface area contributed by atoms with Gasteiger partial charge in [-0.25, -0.2) is 9.78 Å². The fourth-order valence-electron chi connectivity index (χ4n) is 4.69. The number of carbonyl (C=O) groups excluding carboxylic acids is 3. The molecule has 1 fully saturated rings. The van der Waals surface area contributed by atoms with Gasteiger partial charge in [0.25, 0.3) is 5.89 Å². The number of esters is 1. The molecular weight excluding hydrogens is 478 g/mol. The molecule has 1 aromatic carbocycles. The Kier molecular flexibility index (Phi) is 8.01. The third kappa shape index (κ3) is 5.57. The van der Waals surface area contributed by atoms with E-state index in [2.05, 4.69) is 17.2 Å². The van der Waals surface area contributed by atoms with Crippen LogP contribution in [0.5, 0.6) is 0 Å². The van der Waals surface area contributed by atoms with Crippen molar-refractivity contribution in [3.63, 3.8) is 0 Å². The van der Waals surface area contributed by atoms with Crippen molar-refractivity contribution in [1.29, 1.82) is 0 Å². The molecule has 1 amide bonds. The van der Waals surface area contributed by atoms with Crippen LogP contribution in [-0.2, 0) is 9.53 Å². The Morgan fingerprint density at radius 1 is 1.14 bits per heavy atom. The number of aromatic nitrogens is 1. The smallest absolute Gasteiger partial charge is 0.348 e. The maximum atomic E-state index is 13.7. The maximum Gasteiger partial charge on any atom is 0.348 e. The number of hydrogen-bond acceptors (Lipinski definition) is 8. The van der Waals surface area contributed by atoms with E-state index in [1.807, 2.05) is 37.2 Å². The third-order valence-electron chi connectivity index (χ3n) is 6.68. The molecule has 1 saturated carbocycles. The lowest BCUT2D eigenvalue weighted by Crippen LogP contribution is -2.34. The zero-order chi connectivity index (χ0) is 25.8. The Morgan fingerprint density at radius 3 is 2.42 bits per heavy atom. The largest absolute Gasteiger partial charge is 0.465 e. The van der Waals surface area contributed by atoms with Gasteiger partial charge in [-0.3, -0.25) is 14.5 Å². The number of rotatable bonds is 8. The molecule has 1 aliphatic rings. The summed E-state index contributed by atoms with van der Waals surface area (Å²) in [7, 11) is 5.10. The maximum absolute atomic E-state index is 13.7. The van der Waals surface area contributed by atoms with Gasteiger partial charge in [0.05, 0.1) is 19.3 Å². The number of nitrogens with one attached hydrogen (secondary N) is 1. The summed E-state index contributed by atoms with van der Waals surface area (Å²) in [6, 6.07) is 8.65. The van der Waals surface area contributed by atoms with E-state index in [4.69, 9.17) is 9.15 Å². The monoisotopic (exact) mass is 509 g/mol. The summed E-state index contributed by atoms with van der Waals surface area (Å²) in [5, 5.41) is 2.74. The van der Waals surface area contributed by atoms with Crippen LogP contribution in [0, 0.1) is 11.8 Å². The van der Waals surface area contributed by atoms with Crippen LogP contribution in [0.25, 0.3) is 10.4 Å². The molecule has 0 bridgehead atoms. The van der Waals surface area contributed by atoms with Crippen LogP contribution >= 0.6 is 11.3 Å². The van der Waals surface area contributed by atoms with E-state index >= 15 is 0 Å². The average molecular weight is 510 g/mol. The summed E-state index contributed by atoms with van der Waals surface area (Å²) in [6.07, 6.45) is 6.62. The number of nitrogens with zero attached hydrogens (tertiary/aromatic N) is 2. The molecule has 0 radical (unpaired) electrons. The fraction of sp³-hybridized carbons (Fsp3) is 0.407. The molecule has 36 heavy (non-hydrogen) atoms. The number of anilines is 1. The molecule has 0 aliphatic heterocycles. The van der Waals surface area contributed by atoms with Crippen LogP contribution in [0.1, 0.15) is 64.6 Å². The van der Waals surface area contributed by atoms with Crippen molar-refractivity contribution in [2.45, 2.75) is 38.6 Å². The molecule has 1 unspecified atom stereocenters.